The minimum Gasteiger partial charge on any atom is -0.480 e. The molecule has 0 aromatic heterocycles. The number of hydrogen-bond donors (Lipinski definition) is 3. The summed E-state index contributed by atoms with van der Waals surface area (Å²) in [5, 5.41) is 10.2. The summed E-state index contributed by atoms with van der Waals surface area (Å²) in [4.78, 5) is 31.1. The molecule has 4 N–H and O–H groups in total. The van der Waals surface area contributed by atoms with Crippen LogP contribution >= 0.6 is 11.6 Å². The third kappa shape index (κ3) is 6.21. The molecule has 80 valence electrons. The van der Waals surface area contributed by atoms with Crippen molar-refractivity contribution in [3.63, 3.8) is 0 Å². The average Bonchev–Trinajstić information content (AvgIpc) is 2.09. The van der Waals surface area contributed by atoms with Gasteiger partial charge in [-0.15, -0.1) is 0 Å². The van der Waals surface area contributed by atoms with Crippen LogP contribution in [0.5, 0.6) is 0 Å². The summed E-state index contributed by atoms with van der Waals surface area (Å²) in [5.74, 6) is -1.93. The Hall–Kier alpha value is -1.34. The first-order chi connectivity index (χ1) is 6.43. The number of aliphatic carboxylic acids is 1. The molecule has 0 saturated heterocycles. The largest absolute Gasteiger partial charge is 0.480 e. The van der Waals surface area contributed by atoms with Gasteiger partial charge in [0.2, 0.25) is 5.91 Å². The molecule has 0 heterocycles. The van der Waals surface area contributed by atoms with E-state index in [-0.39, 0.29) is 0 Å². The number of nitrogens with one attached hydrogen (secondary N) is 1. The van der Waals surface area contributed by atoms with Crippen molar-refractivity contribution in [3.05, 3.63) is 0 Å². The lowest BCUT2D eigenvalue weighted by Gasteiger charge is -2.09. The fourth-order valence-electron chi connectivity index (χ4n) is 0.525. The average molecular weight is 225 g/mol. The Labute approximate surface area is 84.1 Å². The maximum atomic E-state index is 10.9. The number of carbonyl (C=O) groups is 3. The summed E-state index contributed by atoms with van der Waals surface area (Å²) < 4.78 is 4.22. The molecule has 0 aromatic carbocycles. The van der Waals surface area contributed by atoms with E-state index >= 15 is 0 Å². The van der Waals surface area contributed by atoms with Gasteiger partial charge >= 0.3 is 11.4 Å². The van der Waals surface area contributed by atoms with E-state index in [2.05, 4.69) is 4.74 Å². The molecule has 14 heavy (non-hydrogen) atoms. The molecule has 0 saturated carbocycles. The van der Waals surface area contributed by atoms with Gasteiger partial charge in [-0.25, -0.2) is 4.79 Å². The van der Waals surface area contributed by atoms with Crippen LogP contribution in [0.1, 0.15) is 0 Å². The Bertz CT molecular complexity index is 244. The number of ether oxygens (including phenoxy) is 1. The zero-order valence-electron chi connectivity index (χ0n) is 7.03. The highest BCUT2D eigenvalue weighted by Crippen LogP contribution is 1.89. The van der Waals surface area contributed by atoms with Gasteiger partial charge in [0.15, 0.2) is 0 Å². The summed E-state index contributed by atoms with van der Waals surface area (Å²) in [6.45, 7) is -0.935. The van der Waals surface area contributed by atoms with E-state index in [0.717, 1.165) is 0 Å². The van der Waals surface area contributed by atoms with E-state index in [1.54, 1.807) is 0 Å². The maximum Gasteiger partial charge on any atom is 0.403 e. The van der Waals surface area contributed by atoms with Crippen molar-refractivity contribution in [1.82, 2.24) is 5.32 Å². The van der Waals surface area contributed by atoms with Crippen LogP contribution in [0, 0.1) is 0 Å². The molecular formula is C6H9ClN2O5. The first kappa shape index (κ1) is 12.7. The van der Waals surface area contributed by atoms with Crippen LogP contribution in [0.4, 0.5) is 4.79 Å². The van der Waals surface area contributed by atoms with Crippen LogP contribution in [-0.2, 0) is 14.3 Å². The summed E-state index contributed by atoms with van der Waals surface area (Å²) in [6.07, 6.45) is 0. The first-order valence-corrected chi connectivity index (χ1v) is 3.88. The van der Waals surface area contributed by atoms with Gasteiger partial charge in [0.1, 0.15) is 19.2 Å². The number of nitrogens with two attached hydrogens (primary N) is 1. The van der Waals surface area contributed by atoms with E-state index in [4.69, 9.17) is 22.4 Å². The highest BCUT2D eigenvalue weighted by molar-refractivity contribution is 6.61. The predicted octanol–water partition coefficient (Wildman–Crippen LogP) is -1.11. The molecule has 0 aromatic rings. The summed E-state index contributed by atoms with van der Waals surface area (Å²) >= 11 is 4.81. The Morgan fingerprint density at radius 3 is 2.50 bits per heavy atom. The van der Waals surface area contributed by atoms with E-state index in [1.807, 2.05) is 5.32 Å². The van der Waals surface area contributed by atoms with Crippen LogP contribution in [0.25, 0.3) is 0 Å². The van der Waals surface area contributed by atoms with Crippen molar-refractivity contribution in [2.75, 3.05) is 13.2 Å². The topological polar surface area (TPSA) is 119 Å². The van der Waals surface area contributed by atoms with Crippen LogP contribution in [-0.4, -0.2) is 41.6 Å². The summed E-state index contributed by atoms with van der Waals surface area (Å²) in [6, 6.07) is -1.13. The standard InChI is InChI=1S/C6H9ClN2O5/c7-6(13)14-2-3(8)5(12)9-1-4(10)11/h3H,1-2,8H2,(H,9,12)(H,10,11)/t3-/m0/s1. The number of hydrogen-bond acceptors (Lipinski definition) is 5. The van der Waals surface area contributed by atoms with Gasteiger partial charge in [-0.1, -0.05) is 0 Å². The van der Waals surface area contributed by atoms with Crippen molar-refractivity contribution in [2.24, 2.45) is 5.73 Å². The second-order valence-corrected chi connectivity index (χ2v) is 2.58. The number of amides is 1. The van der Waals surface area contributed by atoms with Crippen LogP contribution in [0.2, 0.25) is 0 Å². The van der Waals surface area contributed by atoms with Gasteiger partial charge in [-0.2, -0.15) is 0 Å². The number of carboxylic acid groups (broad SMARTS) is 1. The van der Waals surface area contributed by atoms with Crippen LogP contribution < -0.4 is 11.1 Å². The minimum absolute atomic E-state index is 0.395. The maximum absolute atomic E-state index is 10.9. The van der Waals surface area contributed by atoms with Gasteiger partial charge in [0, 0.05) is 11.6 Å². The number of carbonyl (C=O) groups excluding carboxylic acids is 2. The molecule has 0 aliphatic heterocycles. The molecule has 1 atom stereocenters. The molecule has 0 radical (unpaired) electrons. The molecule has 8 heteroatoms. The van der Waals surface area contributed by atoms with Gasteiger partial charge in [-0.3, -0.25) is 9.59 Å². The van der Waals surface area contributed by atoms with Crippen molar-refractivity contribution in [1.29, 1.82) is 0 Å². The fourth-order valence-corrected chi connectivity index (χ4v) is 0.588. The lowest BCUT2D eigenvalue weighted by Crippen LogP contribution is -2.45. The zero-order chi connectivity index (χ0) is 11.1. The molecule has 0 aliphatic carbocycles. The highest BCUT2D eigenvalue weighted by Gasteiger charge is 2.15. The van der Waals surface area contributed by atoms with E-state index in [0.29, 0.717) is 0 Å². The first-order valence-electron chi connectivity index (χ1n) is 3.51. The quantitative estimate of drug-likeness (QED) is 0.510. The van der Waals surface area contributed by atoms with Crippen molar-refractivity contribution in [3.8, 4) is 0 Å². The molecule has 7 nitrogen and oxygen atoms in total. The van der Waals surface area contributed by atoms with E-state index in [1.165, 1.54) is 0 Å². The molecule has 0 spiro atoms. The molecule has 0 bridgehead atoms. The van der Waals surface area contributed by atoms with Crippen LogP contribution in [0.15, 0.2) is 0 Å². The summed E-state index contributed by atoms with van der Waals surface area (Å²) in [5.41, 5.74) is 4.13. The van der Waals surface area contributed by atoms with Gasteiger partial charge in [0.05, 0.1) is 0 Å². The Morgan fingerprint density at radius 2 is 2.07 bits per heavy atom. The number of carboxylic acids is 1. The number of rotatable bonds is 5. The second-order valence-electron chi connectivity index (χ2n) is 2.27. The van der Waals surface area contributed by atoms with E-state index < -0.39 is 36.5 Å². The van der Waals surface area contributed by atoms with Crippen LogP contribution in [0.3, 0.4) is 0 Å². The van der Waals surface area contributed by atoms with Gasteiger partial charge in [0.25, 0.3) is 0 Å². The predicted molar refractivity (Wildman–Crippen MR) is 45.8 cm³/mol. The molecule has 0 aliphatic rings. The lowest BCUT2D eigenvalue weighted by molar-refractivity contribution is -0.138. The normalized spacial score (nSPS) is 11.6. The molecule has 1 amide bonds. The monoisotopic (exact) mass is 224 g/mol. The lowest BCUT2D eigenvalue weighted by atomic mass is 10.3. The molecule has 0 unspecified atom stereocenters. The van der Waals surface area contributed by atoms with Crippen molar-refractivity contribution in [2.45, 2.75) is 6.04 Å². The SMILES string of the molecule is N[C@@H](COC(=O)Cl)C(=O)NCC(=O)O. The third-order valence-corrected chi connectivity index (χ3v) is 1.24. The fraction of sp³-hybridized carbons (Fsp3) is 0.500. The van der Waals surface area contributed by atoms with Gasteiger partial charge in [-0.05, 0) is 0 Å². The van der Waals surface area contributed by atoms with E-state index in [9.17, 15) is 14.4 Å². The molecule has 0 fully saturated rings. The molecular weight excluding hydrogens is 216 g/mol. The Morgan fingerprint density at radius 1 is 1.50 bits per heavy atom. The summed E-state index contributed by atoms with van der Waals surface area (Å²) in [7, 11) is 0. The highest BCUT2D eigenvalue weighted by atomic mass is 35.5. The smallest absolute Gasteiger partial charge is 0.403 e. The number of halogens is 1. The third-order valence-electron chi connectivity index (χ3n) is 1.13. The minimum atomic E-state index is -1.19. The Kier molecular flexibility index (Phi) is 5.58. The molecule has 0 rings (SSSR count). The van der Waals surface area contributed by atoms with Gasteiger partial charge < -0.3 is 20.9 Å². The van der Waals surface area contributed by atoms with Crippen molar-refractivity contribution >= 4 is 28.9 Å². The second kappa shape index (κ2) is 6.17. The zero-order valence-corrected chi connectivity index (χ0v) is 7.78. The van der Waals surface area contributed by atoms with Crippen molar-refractivity contribution < 1.29 is 24.2 Å². The Balaban J connectivity index is 3.76.